The van der Waals surface area contributed by atoms with Crippen LogP contribution in [-0.4, -0.2) is 19.2 Å². The second-order valence-electron chi connectivity index (χ2n) is 2.60. The predicted molar refractivity (Wildman–Crippen MR) is 39.9 cm³/mol. The quantitative estimate of drug-likeness (QED) is 0.423. The largest absolute Gasteiger partial charge is 0.495 e. The van der Waals surface area contributed by atoms with E-state index in [-0.39, 0.29) is 12.1 Å². The van der Waals surface area contributed by atoms with Gasteiger partial charge in [-0.15, -0.1) is 0 Å². The Bertz CT molecular complexity index is 184. The molecule has 1 saturated heterocycles. The Hall–Kier alpha value is -0.990. The summed E-state index contributed by atoms with van der Waals surface area (Å²) in [5.41, 5.74) is 0. The lowest BCUT2D eigenvalue weighted by Gasteiger charge is -2.01. The molecule has 1 unspecified atom stereocenters. The van der Waals surface area contributed by atoms with Gasteiger partial charge >= 0.3 is 5.97 Å². The molecule has 1 heterocycles. The second-order valence-corrected chi connectivity index (χ2v) is 2.60. The fourth-order valence-electron chi connectivity index (χ4n) is 1.02. The molecule has 0 saturated carbocycles. The van der Waals surface area contributed by atoms with Crippen molar-refractivity contribution >= 4 is 5.97 Å². The minimum atomic E-state index is -0.339. The lowest BCUT2D eigenvalue weighted by atomic mass is 10.2. The van der Waals surface area contributed by atoms with Crippen molar-refractivity contribution in [2.45, 2.75) is 25.9 Å². The summed E-state index contributed by atoms with van der Waals surface area (Å²) >= 11 is 0. The van der Waals surface area contributed by atoms with Gasteiger partial charge in [-0.05, 0) is 13.3 Å². The molecule has 0 aromatic rings. The summed E-state index contributed by atoms with van der Waals surface area (Å²) in [7, 11) is 1.36. The molecule has 62 valence electrons. The van der Waals surface area contributed by atoms with Crippen LogP contribution in [-0.2, 0) is 14.3 Å². The molecule has 1 fully saturated rings. The monoisotopic (exact) mass is 156 g/mol. The predicted octanol–water partition coefficient (Wildman–Crippen LogP) is 1.24. The van der Waals surface area contributed by atoms with Crippen LogP contribution in [0, 0.1) is 0 Å². The Kier molecular flexibility index (Phi) is 2.52. The highest BCUT2D eigenvalue weighted by atomic mass is 16.5. The molecule has 0 aromatic heterocycles. The van der Waals surface area contributed by atoms with E-state index in [4.69, 9.17) is 4.74 Å². The van der Waals surface area contributed by atoms with Gasteiger partial charge in [0.05, 0.1) is 19.3 Å². The summed E-state index contributed by atoms with van der Waals surface area (Å²) < 4.78 is 9.75. The normalized spacial score (nSPS) is 26.7. The van der Waals surface area contributed by atoms with Gasteiger partial charge in [-0.25, -0.2) is 4.79 Å². The first-order valence-electron chi connectivity index (χ1n) is 3.67. The average Bonchev–Trinajstić information content (AvgIpc) is 2.35. The van der Waals surface area contributed by atoms with E-state index in [1.807, 2.05) is 6.92 Å². The average molecular weight is 156 g/mol. The standard InChI is InChI=1S/C8H12O3/c1-6-3-4-7(11-6)5-8(9)10-2/h5-6H,3-4H2,1-2H3. The van der Waals surface area contributed by atoms with Crippen LogP contribution in [0.5, 0.6) is 0 Å². The summed E-state index contributed by atoms with van der Waals surface area (Å²) in [6, 6.07) is 0. The third kappa shape index (κ3) is 2.26. The Morgan fingerprint density at radius 2 is 2.55 bits per heavy atom. The molecule has 0 aliphatic carbocycles. The first-order valence-corrected chi connectivity index (χ1v) is 3.67. The van der Waals surface area contributed by atoms with Crippen LogP contribution in [0.2, 0.25) is 0 Å². The highest BCUT2D eigenvalue weighted by molar-refractivity contribution is 5.82. The maximum Gasteiger partial charge on any atom is 0.333 e. The van der Waals surface area contributed by atoms with E-state index >= 15 is 0 Å². The van der Waals surface area contributed by atoms with E-state index < -0.39 is 0 Å². The molecule has 1 aliphatic heterocycles. The zero-order valence-electron chi connectivity index (χ0n) is 6.79. The number of rotatable bonds is 1. The van der Waals surface area contributed by atoms with E-state index in [9.17, 15) is 4.79 Å². The molecule has 0 spiro atoms. The Morgan fingerprint density at radius 3 is 3.00 bits per heavy atom. The maximum absolute atomic E-state index is 10.7. The van der Waals surface area contributed by atoms with Crippen molar-refractivity contribution < 1.29 is 14.3 Å². The lowest BCUT2D eigenvalue weighted by Crippen LogP contribution is -1.98. The molecule has 11 heavy (non-hydrogen) atoms. The van der Waals surface area contributed by atoms with Crippen molar-refractivity contribution in [3.8, 4) is 0 Å². The first-order chi connectivity index (χ1) is 5.22. The number of carbonyl (C=O) groups is 1. The Morgan fingerprint density at radius 1 is 1.82 bits per heavy atom. The molecule has 0 N–H and O–H groups in total. The van der Waals surface area contributed by atoms with Crippen molar-refractivity contribution in [3.05, 3.63) is 11.8 Å². The Balaban J connectivity index is 2.48. The summed E-state index contributed by atoms with van der Waals surface area (Å²) in [5, 5.41) is 0. The van der Waals surface area contributed by atoms with E-state index in [0.717, 1.165) is 18.6 Å². The van der Waals surface area contributed by atoms with Crippen LogP contribution < -0.4 is 0 Å². The number of hydrogen-bond donors (Lipinski definition) is 0. The summed E-state index contributed by atoms with van der Waals surface area (Å²) in [6.45, 7) is 1.98. The Labute approximate surface area is 66.0 Å². The van der Waals surface area contributed by atoms with Crippen LogP contribution in [0.1, 0.15) is 19.8 Å². The first kappa shape index (κ1) is 8.11. The molecule has 0 amide bonds. The van der Waals surface area contributed by atoms with E-state index in [0.29, 0.717) is 0 Å². The third-order valence-corrected chi connectivity index (χ3v) is 1.63. The topological polar surface area (TPSA) is 35.5 Å². The van der Waals surface area contributed by atoms with Gasteiger partial charge in [-0.1, -0.05) is 0 Å². The van der Waals surface area contributed by atoms with E-state index in [1.54, 1.807) is 0 Å². The van der Waals surface area contributed by atoms with E-state index in [1.165, 1.54) is 13.2 Å². The minimum Gasteiger partial charge on any atom is -0.495 e. The number of esters is 1. The fourth-order valence-corrected chi connectivity index (χ4v) is 1.02. The molecule has 3 nitrogen and oxygen atoms in total. The van der Waals surface area contributed by atoms with Crippen molar-refractivity contribution in [1.29, 1.82) is 0 Å². The lowest BCUT2D eigenvalue weighted by molar-refractivity contribution is -0.135. The number of ether oxygens (including phenoxy) is 2. The second kappa shape index (κ2) is 3.42. The van der Waals surface area contributed by atoms with Crippen LogP contribution in [0.3, 0.4) is 0 Å². The van der Waals surface area contributed by atoms with Crippen LogP contribution in [0.25, 0.3) is 0 Å². The molecule has 1 aliphatic rings. The smallest absolute Gasteiger partial charge is 0.333 e. The molecule has 3 heteroatoms. The van der Waals surface area contributed by atoms with Crippen molar-refractivity contribution in [2.75, 3.05) is 7.11 Å². The van der Waals surface area contributed by atoms with Crippen LogP contribution in [0.4, 0.5) is 0 Å². The van der Waals surface area contributed by atoms with Gasteiger partial charge in [-0.2, -0.15) is 0 Å². The molecule has 1 atom stereocenters. The number of carbonyl (C=O) groups excluding carboxylic acids is 1. The molecule has 0 bridgehead atoms. The summed E-state index contributed by atoms with van der Waals surface area (Å²) in [4.78, 5) is 10.7. The SMILES string of the molecule is COC(=O)C=C1CCC(C)O1. The minimum absolute atomic E-state index is 0.242. The van der Waals surface area contributed by atoms with Crippen LogP contribution in [0.15, 0.2) is 11.8 Å². The highest BCUT2D eigenvalue weighted by Gasteiger charge is 2.16. The van der Waals surface area contributed by atoms with Crippen LogP contribution >= 0.6 is 0 Å². The van der Waals surface area contributed by atoms with Gasteiger partial charge in [-0.3, -0.25) is 0 Å². The molecule has 1 rings (SSSR count). The summed E-state index contributed by atoms with van der Waals surface area (Å²) in [5.74, 6) is 0.401. The maximum atomic E-state index is 10.7. The van der Waals surface area contributed by atoms with Gasteiger partial charge < -0.3 is 9.47 Å². The van der Waals surface area contributed by atoms with Gasteiger partial charge in [0, 0.05) is 6.42 Å². The van der Waals surface area contributed by atoms with Crippen molar-refractivity contribution in [3.63, 3.8) is 0 Å². The van der Waals surface area contributed by atoms with Gasteiger partial charge in [0.15, 0.2) is 0 Å². The molecule has 0 radical (unpaired) electrons. The zero-order chi connectivity index (χ0) is 8.27. The number of allylic oxidation sites excluding steroid dienone is 1. The van der Waals surface area contributed by atoms with E-state index in [2.05, 4.69) is 4.74 Å². The van der Waals surface area contributed by atoms with Crippen molar-refractivity contribution in [1.82, 2.24) is 0 Å². The summed E-state index contributed by atoms with van der Waals surface area (Å²) in [6.07, 6.45) is 3.48. The fraction of sp³-hybridized carbons (Fsp3) is 0.625. The molecular formula is C8H12O3. The molecule has 0 aromatic carbocycles. The van der Waals surface area contributed by atoms with Gasteiger partial charge in [0.1, 0.15) is 5.76 Å². The zero-order valence-corrected chi connectivity index (χ0v) is 6.79. The van der Waals surface area contributed by atoms with Gasteiger partial charge in [0.2, 0.25) is 0 Å². The third-order valence-electron chi connectivity index (χ3n) is 1.63. The van der Waals surface area contributed by atoms with Crippen molar-refractivity contribution in [2.24, 2.45) is 0 Å². The number of methoxy groups -OCH3 is 1. The highest BCUT2D eigenvalue weighted by Crippen LogP contribution is 2.21. The van der Waals surface area contributed by atoms with Gasteiger partial charge in [0.25, 0.3) is 0 Å². The number of hydrogen-bond acceptors (Lipinski definition) is 3. The molecular weight excluding hydrogens is 144 g/mol.